The predicted octanol–water partition coefficient (Wildman–Crippen LogP) is 3.67. The van der Waals surface area contributed by atoms with Crippen LogP contribution in [0.2, 0.25) is 0 Å². The standard InChI is InChI=1S/C19H30N2O2/c1-13(2)11-17(18(22)23-19(4,5)6)14(3)21-12-15-7-9-16(20)10-8-15/h7-11,13-14,21H,12,20H2,1-6H3/b17-11-. The maximum absolute atomic E-state index is 12.4. The third kappa shape index (κ3) is 7.33. The molecule has 0 aliphatic heterocycles. The highest BCUT2D eigenvalue weighted by atomic mass is 16.6. The highest BCUT2D eigenvalue weighted by Gasteiger charge is 2.23. The second-order valence-corrected chi connectivity index (χ2v) is 7.21. The summed E-state index contributed by atoms with van der Waals surface area (Å²) in [4.78, 5) is 12.4. The van der Waals surface area contributed by atoms with Gasteiger partial charge in [0.05, 0.1) is 5.57 Å². The van der Waals surface area contributed by atoms with E-state index >= 15 is 0 Å². The van der Waals surface area contributed by atoms with Gasteiger partial charge in [0.15, 0.2) is 0 Å². The zero-order chi connectivity index (χ0) is 17.6. The van der Waals surface area contributed by atoms with Gasteiger partial charge in [-0.25, -0.2) is 4.79 Å². The molecule has 0 radical (unpaired) electrons. The quantitative estimate of drug-likeness (QED) is 0.477. The first kappa shape index (κ1) is 19.2. The lowest BCUT2D eigenvalue weighted by Crippen LogP contribution is -2.34. The van der Waals surface area contributed by atoms with E-state index < -0.39 is 5.60 Å². The number of nitrogen functional groups attached to an aromatic ring is 1. The van der Waals surface area contributed by atoms with Crippen LogP contribution in [0, 0.1) is 5.92 Å². The van der Waals surface area contributed by atoms with Gasteiger partial charge in [-0.1, -0.05) is 32.1 Å². The van der Waals surface area contributed by atoms with Crippen LogP contribution in [-0.4, -0.2) is 17.6 Å². The SMILES string of the molecule is CC(C)/C=C(\C(=O)OC(C)(C)C)C(C)NCc1ccc(N)cc1. The molecule has 1 aromatic carbocycles. The average molecular weight is 318 g/mol. The van der Waals surface area contributed by atoms with Gasteiger partial charge >= 0.3 is 5.97 Å². The number of hydrogen-bond donors (Lipinski definition) is 2. The van der Waals surface area contributed by atoms with Crippen LogP contribution in [0.4, 0.5) is 5.69 Å². The van der Waals surface area contributed by atoms with Crippen molar-refractivity contribution < 1.29 is 9.53 Å². The van der Waals surface area contributed by atoms with Gasteiger partial charge in [0, 0.05) is 18.3 Å². The van der Waals surface area contributed by atoms with Crippen molar-refractivity contribution in [3.8, 4) is 0 Å². The Labute approximate surface area is 140 Å². The third-order valence-corrected chi connectivity index (χ3v) is 3.21. The molecular formula is C19H30N2O2. The Morgan fingerprint density at radius 2 is 1.78 bits per heavy atom. The van der Waals surface area contributed by atoms with Crippen molar-refractivity contribution in [2.75, 3.05) is 5.73 Å². The number of carbonyl (C=O) groups excluding carboxylic acids is 1. The summed E-state index contributed by atoms with van der Waals surface area (Å²) in [6.45, 7) is 12.4. The van der Waals surface area contributed by atoms with Crippen molar-refractivity contribution in [1.82, 2.24) is 5.32 Å². The fraction of sp³-hybridized carbons (Fsp3) is 0.526. The molecule has 3 N–H and O–H groups in total. The van der Waals surface area contributed by atoms with Gasteiger partial charge < -0.3 is 15.8 Å². The lowest BCUT2D eigenvalue weighted by atomic mass is 10.0. The Morgan fingerprint density at radius 1 is 1.22 bits per heavy atom. The van der Waals surface area contributed by atoms with E-state index in [9.17, 15) is 4.79 Å². The van der Waals surface area contributed by atoms with Gasteiger partial charge in [0.1, 0.15) is 5.60 Å². The highest BCUT2D eigenvalue weighted by molar-refractivity contribution is 5.90. The maximum Gasteiger partial charge on any atom is 0.335 e. The first-order valence-corrected chi connectivity index (χ1v) is 8.11. The number of hydrogen-bond acceptors (Lipinski definition) is 4. The Morgan fingerprint density at radius 3 is 2.26 bits per heavy atom. The summed E-state index contributed by atoms with van der Waals surface area (Å²) in [6.07, 6.45) is 1.97. The fourth-order valence-electron chi connectivity index (χ4n) is 2.10. The van der Waals surface area contributed by atoms with Gasteiger partial charge in [0.2, 0.25) is 0 Å². The highest BCUT2D eigenvalue weighted by Crippen LogP contribution is 2.16. The van der Waals surface area contributed by atoms with Crippen molar-refractivity contribution in [1.29, 1.82) is 0 Å². The van der Waals surface area contributed by atoms with Gasteiger partial charge in [0.25, 0.3) is 0 Å². The molecular weight excluding hydrogens is 288 g/mol. The Balaban J connectivity index is 2.78. The van der Waals surface area contributed by atoms with Crippen LogP contribution in [0.5, 0.6) is 0 Å². The molecule has 0 aliphatic carbocycles. The van der Waals surface area contributed by atoms with Crippen molar-refractivity contribution >= 4 is 11.7 Å². The van der Waals surface area contributed by atoms with Crippen LogP contribution in [0.3, 0.4) is 0 Å². The summed E-state index contributed by atoms with van der Waals surface area (Å²) in [7, 11) is 0. The molecule has 0 aromatic heterocycles. The van der Waals surface area contributed by atoms with Crippen LogP contribution in [0.15, 0.2) is 35.9 Å². The summed E-state index contributed by atoms with van der Waals surface area (Å²) >= 11 is 0. The van der Waals surface area contributed by atoms with E-state index in [1.54, 1.807) is 0 Å². The topological polar surface area (TPSA) is 64.3 Å². The summed E-state index contributed by atoms with van der Waals surface area (Å²) < 4.78 is 5.53. The zero-order valence-corrected chi connectivity index (χ0v) is 15.1. The van der Waals surface area contributed by atoms with E-state index in [1.165, 1.54) is 0 Å². The summed E-state index contributed by atoms with van der Waals surface area (Å²) in [5.74, 6) is 0.0156. The van der Waals surface area contributed by atoms with E-state index in [0.717, 1.165) is 11.3 Å². The summed E-state index contributed by atoms with van der Waals surface area (Å²) in [5, 5.41) is 3.38. The number of ether oxygens (including phenoxy) is 1. The van der Waals surface area contributed by atoms with Crippen LogP contribution < -0.4 is 11.1 Å². The number of rotatable bonds is 6. The Hall–Kier alpha value is -1.81. The van der Waals surface area contributed by atoms with E-state index in [4.69, 9.17) is 10.5 Å². The number of carbonyl (C=O) groups is 1. The molecule has 1 unspecified atom stereocenters. The molecule has 4 heteroatoms. The lowest BCUT2D eigenvalue weighted by Gasteiger charge is -2.24. The molecule has 1 aromatic rings. The number of nitrogens with one attached hydrogen (secondary N) is 1. The lowest BCUT2D eigenvalue weighted by molar-refractivity contribution is -0.150. The molecule has 0 aliphatic rings. The van der Waals surface area contributed by atoms with Crippen molar-refractivity contribution in [3.63, 3.8) is 0 Å². The smallest absolute Gasteiger partial charge is 0.335 e. The molecule has 4 nitrogen and oxygen atoms in total. The van der Waals surface area contributed by atoms with Crippen LogP contribution >= 0.6 is 0 Å². The van der Waals surface area contributed by atoms with E-state index in [-0.39, 0.29) is 17.9 Å². The van der Waals surface area contributed by atoms with Gasteiger partial charge in [-0.15, -0.1) is 0 Å². The maximum atomic E-state index is 12.4. The van der Waals surface area contributed by atoms with Crippen molar-refractivity contribution in [2.24, 2.45) is 5.92 Å². The first-order chi connectivity index (χ1) is 10.6. The van der Waals surface area contributed by atoms with Gasteiger partial charge in [-0.05, 0) is 51.3 Å². The van der Waals surface area contributed by atoms with Crippen LogP contribution in [0.25, 0.3) is 0 Å². The zero-order valence-electron chi connectivity index (χ0n) is 15.1. The minimum atomic E-state index is -0.496. The van der Waals surface area contributed by atoms with Crippen molar-refractivity contribution in [2.45, 2.75) is 59.7 Å². The summed E-state index contributed by atoms with van der Waals surface area (Å²) in [6, 6.07) is 7.62. The van der Waals surface area contributed by atoms with Crippen molar-refractivity contribution in [3.05, 3.63) is 41.5 Å². The Bertz CT molecular complexity index is 539. The molecule has 0 bridgehead atoms. The van der Waals surface area contributed by atoms with E-state index in [1.807, 2.05) is 58.0 Å². The first-order valence-electron chi connectivity index (χ1n) is 8.11. The van der Waals surface area contributed by atoms with Gasteiger partial charge in [-0.3, -0.25) is 0 Å². The number of benzene rings is 1. The second-order valence-electron chi connectivity index (χ2n) is 7.21. The van der Waals surface area contributed by atoms with E-state index in [2.05, 4.69) is 19.2 Å². The minimum Gasteiger partial charge on any atom is -0.457 e. The third-order valence-electron chi connectivity index (χ3n) is 3.21. The molecule has 0 spiro atoms. The largest absolute Gasteiger partial charge is 0.457 e. The predicted molar refractivity (Wildman–Crippen MR) is 95.9 cm³/mol. The normalized spacial score (nSPS) is 14.0. The fourth-order valence-corrected chi connectivity index (χ4v) is 2.10. The van der Waals surface area contributed by atoms with Crippen LogP contribution in [-0.2, 0) is 16.1 Å². The number of nitrogens with two attached hydrogens (primary N) is 1. The molecule has 0 saturated heterocycles. The molecule has 0 fully saturated rings. The molecule has 0 heterocycles. The molecule has 23 heavy (non-hydrogen) atoms. The number of esters is 1. The monoisotopic (exact) mass is 318 g/mol. The molecule has 0 saturated carbocycles. The second kappa shape index (κ2) is 8.16. The molecule has 1 atom stereocenters. The minimum absolute atomic E-state index is 0.0928. The number of allylic oxidation sites excluding steroid dienone is 1. The van der Waals surface area contributed by atoms with Crippen LogP contribution in [0.1, 0.15) is 47.1 Å². The average Bonchev–Trinajstić information content (AvgIpc) is 2.41. The number of anilines is 1. The molecule has 0 amide bonds. The molecule has 1 rings (SSSR count). The van der Waals surface area contributed by atoms with E-state index in [0.29, 0.717) is 12.1 Å². The van der Waals surface area contributed by atoms with Gasteiger partial charge in [-0.2, -0.15) is 0 Å². The molecule has 128 valence electrons. The Kier molecular flexibility index (Phi) is 6.82. The summed E-state index contributed by atoms with van der Waals surface area (Å²) in [5.41, 5.74) is 7.74.